The van der Waals surface area contributed by atoms with Crippen molar-refractivity contribution < 1.29 is 4.79 Å². The molecular weight excluding hydrogens is 452 g/mol. The number of nitrogens with zero attached hydrogens (tertiary/aromatic N) is 3. The van der Waals surface area contributed by atoms with Crippen LogP contribution in [0.2, 0.25) is 0 Å². The number of carbonyl (C=O) groups excluding carboxylic acids is 1. The van der Waals surface area contributed by atoms with Gasteiger partial charge in [0.1, 0.15) is 15.8 Å². The number of benzene rings is 1. The van der Waals surface area contributed by atoms with Gasteiger partial charge in [-0.2, -0.15) is 0 Å². The summed E-state index contributed by atoms with van der Waals surface area (Å²) in [7, 11) is 0. The summed E-state index contributed by atoms with van der Waals surface area (Å²) < 4.78 is 2.03. The molecule has 0 saturated carbocycles. The van der Waals surface area contributed by atoms with Crippen LogP contribution in [0.4, 0.5) is 5.82 Å². The fourth-order valence-electron chi connectivity index (χ4n) is 3.74. The number of pyridine rings is 1. The molecule has 2 aromatic heterocycles. The average Bonchev–Trinajstić information content (AvgIpc) is 3.04. The third-order valence-corrected chi connectivity index (χ3v) is 6.81. The smallest absolute Gasteiger partial charge is 0.267 e. The number of fused-ring (bicyclic) bond motifs is 1. The van der Waals surface area contributed by atoms with Crippen LogP contribution in [0, 0.1) is 12.8 Å². The largest absolute Gasteiger partial charge is 0.363 e. The van der Waals surface area contributed by atoms with Gasteiger partial charge in [0, 0.05) is 18.8 Å². The van der Waals surface area contributed by atoms with E-state index in [2.05, 4.69) is 5.32 Å². The Morgan fingerprint density at radius 1 is 1.12 bits per heavy atom. The lowest BCUT2D eigenvalue weighted by Crippen LogP contribution is -2.31. The van der Waals surface area contributed by atoms with Gasteiger partial charge in [-0.15, -0.1) is 0 Å². The Balaban J connectivity index is 1.83. The first-order valence-electron chi connectivity index (χ1n) is 10.8. The Morgan fingerprint density at radius 3 is 2.55 bits per heavy atom. The van der Waals surface area contributed by atoms with Gasteiger partial charge in [0.15, 0.2) is 0 Å². The van der Waals surface area contributed by atoms with Gasteiger partial charge in [-0.1, -0.05) is 74.2 Å². The van der Waals surface area contributed by atoms with Crippen LogP contribution in [0.25, 0.3) is 11.7 Å². The molecule has 3 aromatic rings. The summed E-state index contributed by atoms with van der Waals surface area (Å²) in [6.07, 6.45) is 3.33. The molecule has 1 unspecified atom stereocenters. The molecule has 0 bridgehead atoms. The fraction of sp³-hybridized carbons (Fsp3) is 0.280. The lowest BCUT2D eigenvalue weighted by Gasteiger charge is -2.18. The van der Waals surface area contributed by atoms with Gasteiger partial charge >= 0.3 is 0 Å². The molecule has 1 aromatic carbocycles. The summed E-state index contributed by atoms with van der Waals surface area (Å²) >= 11 is 6.66. The Hall–Kier alpha value is -2.97. The Morgan fingerprint density at radius 2 is 1.85 bits per heavy atom. The van der Waals surface area contributed by atoms with Crippen molar-refractivity contribution in [2.24, 2.45) is 5.92 Å². The van der Waals surface area contributed by atoms with Crippen LogP contribution in [0.15, 0.2) is 58.4 Å². The number of hydrogen-bond acceptors (Lipinski definition) is 6. The number of nitrogens with one attached hydrogen (secondary N) is 1. The second kappa shape index (κ2) is 9.49. The van der Waals surface area contributed by atoms with Crippen molar-refractivity contribution in [3.05, 3.63) is 80.6 Å². The predicted molar refractivity (Wildman–Crippen MR) is 139 cm³/mol. The van der Waals surface area contributed by atoms with Crippen LogP contribution in [0.5, 0.6) is 0 Å². The van der Waals surface area contributed by atoms with Crippen molar-refractivity contribution >= 4 is 51.7 Å². The summed E-state index contributed by atoms with van der Waals surface area (Å²) in [6.45, 7) is 8.56. The molecule has 0 aliphatic carbocycles. The van der Waals surface area contributed by atoms with Gasteiger partial charge in [0.05, 0.1) is 10.5 Å². The summed E-state index contributed by atoms with van der Waals surface area (Å²) in [5.74, 6) is 0.556. The molecule has 6 nitrogen and oxygen atoms in total. The van der Waals surface area contributed by atoms with Crippen LogP contribution in [-0.4, -0.2) is 31.1 Å². The monoisotopic (exact) mass is 478 g/mol. The maximum Gasteiger partial charge on any atom is 0.267 e. The van der Waals surface area contributed by atoms with E-state index in [1.165, 1.54) is 16.2 Å². The van der Waals surface area contributed by atoms with Crippen LogP contribution < -0.4 is 10.9 Å². The summed E-state index contributed by atoms with van der Waals surface area (Å²) in [6, 6.07) is 13.6. The third kappa shape index (κ3) is 4.72. The zero-order valence-corrected chi connectivity index (χ0v) is 20.7. The minimum atomic E-state index is -0.236. The number of thiocarbonyl (C=S) groups is 1. The van der Waals surface area contributed by atoms with Crippen molar-refractivity contribution in [2.45, 2.75) is 33.7 Å². The normalized spacial score (nSPS) is 16.3. The number of carbonyl (C=O) groups is 1. The standard InChI is InChI=1S/C25H26N4O2S2/c1-15(2)14-29-24(31)20(33-25(29)32)13-19-21(26-17(4)18-10-6-5-7-11-18)27-22-16(3)9-8-12-28(22)23(19)30/h5-13,15,17,26H,14H2,1-4H3/b20-13-. The first-order chi connectivity index (χ1) is 15.8. The zero-order chi connectivity index (χ0) is 23.7. The number of hydrogen-bond donors (Lipinski definition) is 1. The second-order valence-corrected chi connectivity index (χ2v) is 10.2. The van der Waals surface area contributed by atoms with E-state index in [4.69, 9.17) is 17.2 Å². The highest BCUT2D eigenvalue weighted by molar-refractivity contribution is 8.26. The number of amides is 1. The van der Waals surface area contributed by atoms with Gasteiger partial charge < -0.3 is 5.32 Å². The molecule has 1 N–H and O–H groups in total. The zero-order valence-electron chi connectivity index (χ0n) is 19.0. The highest BCUT2D eigenvalue weighted by Gasteiger charge is 2.33. The van der Waals surface area contributed by atoms with E-state index in [0.29, 0.717) is 32.8 Å². The highest BCUT2D eigenvalue weighted by atomic mass is 32.2. The molecule has 0 spiro atoms. The number of rotatable bonds is 6. The van der Waals surface area contributed by atoms with Crippen molar-refractivity contribution in [1.82, 2.24) is 14.3 Å². The molecule has 1 amide bonds. The average molecular weight is 479 g/mol. The van der Waals surface area contributed by atoms with Crippen molar-refractivity contribution in [2.75, 3.05) is 11.9 Å². The minimum Gasteiger partial charge on any atom is -0.363 e. The van der Waals surface area contributed by atoms with Gasteiger partial charge in [0.2, 0.25) is 0 Å². The first-order valence-corrected chi connectivity index (χ1v) is 12.1. The van der Waals surface area contributed by atoms with Crippen LogP contribution in [0.3, 0.4) is 0 Å². The molecule has 3 heterocycles. The lowest BCUT2D eigenvalue weighted by molar-refractivity contribution is -0.122. The Kier molecular flexibility index (Phi) is 6.67. The molecule has 1 saturated heterocycles. The number of aryl methyl sites for hydroxylation is 1. The second-order valence-electron chi connectivity index (χ2n) is 8.53. The van der Waals surface area contributed by atoms with Crippen molar-refractivity contribution in [3.63, 3.8) is 0 Å². The van der Waals surface area contributed by atoms with Crippen LogP contribution >= 0.6 is 24.0 Å². The maximum atomic E-state index is 13.5. The van der Waals surface area contributed by atoms with E-state index < -0.39 is 0 Å². The SMILES string of the molecule is Cc1cccn2c(=O)c(/C=C3\SC(=S)N(CC(C)C)C3=O)c(NC(C)c3ccccc3)nc12. The predicted octanol–water partition coefficient (Wildman–Crippen LogP) is 5.03. The van der Waals surface area contributed by atoms with Crippen LogP contribution in [-0.2, 0) is 4.79 Å². The van der Waals surface area contributed by atoms with E-state index in [9.17, 15) is 9.59 Å². The van der Waals surface area contributed by atoms with E-state index in [1.54, 1.807) is 17.2 Å². The van der Waals surface area contributed by atoms with E-state index in [-0.39, 0.29) is 23.4 Å². The van der Waals surface area contributed by atoms with Crippen molar-refractivity contribution in [3.8, 4) is 0 Å². The highest BCUT2D eigenvalue weighted by Crippen LogP contribution is 2.34. The van der Waals surface area contributed by atoms with Gasteiger partial charge in [0.25, 0.3) is 11.5 Å². The lowest BCUT2D eigenvalue weighted by atomic mass is 10.1. The molecule has 33 heavy (non-hydrogen) atoms. The summed E-state index contributed by atoms with van der Waals surface area (Å²) in [5.41, 5.74) is 2.64. The molecule has 8 heteroatoms. The van der Waals surface area contributed by atoms with Gasteiger partial charge in [-0.05, 0) is 43.0 Å². The maximum absolute atomic E-state index is 13.5. The number of aromatic nitrogens is 2. The van der Waals surface area contributed by atoms with Gasteiger partial charge in [-0.25, -0.2) is 4.98 Å². The molecule has 1 fully saturated rings. The number of anilines is 1. The quantitative estimate of drug-likeness (QED) is 0.396. The van der Waals surface area contributed by atoms with Crippen LogP contribution in [0.1, 0.15) is 43.5 Å². The molecular formula is C25H26N4O2S2. The van der Waals surface area contributed by atoms with E-state index >= 15 is 0 Å². The number of thioether (sulfide) groups is 1. The Bertz CT molecular complexity index is 1320. The molecule has 4 rings (SSSR count). The minimum absolute atomic E-state index is 0.0906. The summed E-state index contributed by atoms with van der Waals surface area (Å²) in [4.78, 5) is 33.4. The third-order valence-electron chi connectivity index (χ3n) is 5.43. The van der Waals surface area contributed by atoms with Gasteiger partial charge in [-0.3, -0.25) is 18.9 Å². The van der Waals surface area contributed by atoms with E-state index in [0.717, 1.165) is 11.1 Å². The first kappa shape index (κ1) is 23.2. The molecule has 170 valence electrons. The molecule has 0 radical (unpaired) electrons. The van der Waals surface area contributed by atoms with E-state index in [1.807, 2.05) is 70.2 Å². The molecule has 1 aliphatic heterocycles. The van der Waals surface area contributed by atoms with Crippen molar-refractivity contribution in [1.29, 1.82) is 0 Å². The molecule has 1 aliphatic rings. The Labute approximate surface area is 202 Å². The topological polar surface area (TPSA) is 66.7 Å². The molecule has 1 atom stereocenters. The summed E-state index contributed by atoms with van der Waals surface area (Å²) in [5, 5.41) is 3.39. The fourth-order valence-corrected chi connectivity index (χ4v) is 4.99.